The third kappa shape index (κ3) is 3.06. The maximum Gasteiger partial charge on any atom is 0.325 e. The van der Waals surface area contributed by atoms with Gasteiger partial charge in [0.1, 0.15) is 12.1 Å². The summed E-state index contributed by atoms with van der Waals surface area (Å²) in [7, 11) is 0. The number of carbonyl (C=O) groups excluding carboxylic acids is 3. The van der Waals surface area contributed by atoms with Crippen molar-refractivity contribution >= 4 is 29.2 Å². The molecule has 4 rings (SSSR count). The van der Waals surface area contributed by atoms with E-state index < -0.39 is 11.6 Å². The molecule has 0 aromatic carbocycles. The smallest absolute Gasteiger partial charge is 0.325 e. The largest absolute Gasteiger partial charge is 0.352 e. The molecule has 27 heavy (non-hydrogen) atoms. The van der Waals surface area contributed by atoms with Crippen LogP contribution in [-0.2, 0) is 21.5 Å². The molecule has 4 atom stereocenters. The minimum Gasteiger partial charge on any atom is -0.352 e. The predicted octanol–water partition coefficient (Wildman–Crippen LogP) is 2.77. The fourth-order valence-electron chi connectivity index (χ4n) is 4.87. The third-order valence-corrected chi connectivity index (χ3v) is 7.67. The number of imide groups is 1. The summed E-state index contributed by atoms with van der Waals surface area (Å²) in [6, 6.07) is 1.60. The lowest BCUT2D eigenvalue weighted by Gasteiger charge is -2.35. The molecule has 4 unspecified atom stereocenters. The van der Waals surface area contributed by atoms with Gasteiger partial charge >= 0.3 is 6.03 Å². The van der Waals surface area contributed by atoms with Crippen molar-refractivity contribution in [3.63, 3.8) is 0 Å². The molecular formula is C20H27N3O3S. The summed E-state index contributed by atoms with van der Waals surface area (Å²) in [6.45, 7) is 4.17. The fourth-order valence-corrected chi connectivity index (χ4v) is 5.87. The zero-order valence-electron chi connectivity index (χ0n) is 15.9. The first-order valence-electron chi connectivity index (χ1n) is 9.92. The van der Waals surface area contributed by atoms with E-state index in [0.717, 1.165) is 41.0 Å². The van der Waals surface area contributed by atoms with Crippen molar-refractivity contribution in [2.24, 2.45) is 11.8 Å². The van der Waals surface area contributed by atoms with Gasteiger partial charge in [-0.05, 0) is 49.0 Å². The Morgan fingerprint density at radius 1 is 1.33 bits per heavy atom. The van der Waals surface area contributed by atoms with Crippen molar-refractivity contribution in [1.29, 1.82) is 0 Å². The lowest BCUT2D eigenvalue weighted by atomic mass is 9.78. The SMILES string of the molecule is CC1CCCC(NC(=O)CN2C(=O)NC3(CCCc4sccc43)C2=O)C1C. The maximum absolute atomic E-state index is 13.2. The number of amides is 4. The number of carbonyl (C=O) groups is 3. The first-order chi connectivity index (χ1) is 12.9. The number of urea groups is 1. The average molecular weight is 390 g/mol. The highest BCUT2D eigenvalue weighted by Crippen LogP contribution is 2.42. The summed E-state index contributed by atoms with van der Waals surface area (Å²) in [6.07, 6.45) is 5.64. The molecule has 1 aromatic heterocycles. The molecule has 2 fully saturated rings. The zero-order valence-corrected chi connectivity index (χ0v) is 16.7. The van der Waals surface area contributed by atoms with E-state index in [2.05, 4.69) is 24.5 Å². The van der Waals surface area contributed by atoms with Gasteiger partial charge in [0.15, 0.2) is 0 Å². The molecule has 2 heterocycles. The van der Waals surface area contributed by atoms with Crippen molar-refractivity contribution in [2.45, 2.75) is 64.0 Å². The number of hydrogen-bond donors (Lipinski definition) is 2. The Balaban J connectivity index is 1.47. The molecule has 0 bridgehead atoms. The molecule has 1 aromatic rings. The number of hydrogen-bond acceptors (Lipinski definition) is 4. The number of thiophene rings is 1. The summed E-state index contributed by atoms with van der Waals surface area (Å²) in [5.74, 6) is 0.446. The third-order valence-electron chi connectivity index (χ3n) is 6.69. The van der Waals surface area contributed by atoms with Crippen LogP contribution >= 0.6 is 11.3 Å². The molecule has 1 spiro atoms. The van der Waals surface area contributed by atoms with Crippen LogP contribution in [0.5, 0.6) is 0 Å². The molecule has 1 aliphatic heterocycles. The Bertz CT molecular complexity index is 776. The number of rotatable bonds is 3. The maximum atomic E-state index is 13.2. The molecule has 3 aliphatic rings. The second-order valence-electron chi connectivity index (χ2n) is 8.28. The van der Waals surface area contributed by atoms with Crippen LogP contribution < -0.4 is 10.6 Å². The van der Waals surface area contributed by atoms with Gasteiger partial charge in [0.25, 0.3) is 5.91 Å². The van der Waals surface area contributed by atoms with E-state index in [0.29, 0.717) is 18.3 Å². The Kier molecular flexibility index (Phi) is 4.74. The van der Waals surface area contributed by atoms with Crippen LogP contribution in [0.1, 0.15) is 56.4 Å². The monoisotopic (exact) mass is 389 g/mol. The molecule has 7 heteroatoms. The summed E-state index contributed by atoms with van der Waals surface area (Å²) in [5.41, 5.74) is -0.0628. The minimum absolute atomic E-state index is 0.120. The lowest BCUT2D eigenvalue weighted by molar-refractivity contribution is -0.136. The average Bonchev–Trinajstić information content (AvgIpc) is 3.20. The molecule has 146 valence electrons. The van der Waals surface area contributed by atoms with Gasteiger partial charge in [0.05, 0.1) is 0 Å². The zero-order chi connectivity index (χ0) is 19.2. The Hall–Kier alpha value is -1.89. The van der Waals surface area contributed by atoms with E-state index in [1.807, 2.05) is 11.4 Å². The molecule has 2 N–H and O–H groups in total. The number of aryl methyl sites for hydroxylation is 1. The van der Waals surface area contributed by atoms with Crippen molar-refractivity contribution in [2.75, 3.05) is 6.54 Å². The lowest BCUT2D eigenvalue weighted by Crippen LogP contribution is -2.49. The van der Waals surface area contributed by atoms with Crippen LogP contribution in [0.15, 0.2) is 11.4 Å². The second kappa shape index (κ2) is 6.93. The van der Waals surface area contributed by atoms with Gasteiger partial charge in [-0.1, -0.05) is 26.7 Å². The van der Waals surface area contributed by atoms with Gasteiger partial charge in [-0.25, -0.2) is 4.79 Å². The van der Waals surface area contributed by atoms with Crippen molar-refractivity contribution in [3.05, 3.63) is 21.9 Å². The minimum atomic E-state index is -0.975. The van der Waals surface area contributed by atoms with Crippen LogP contribution in [0.2, 0.25) is 0 Å². The number of nitrogens with one attached hydrogen (secondary N) is 2. The molecule has 2 aliphatic carbocycles. The molecule has 4 amide bonds. The number of fused-ring (bicyclic) bond motifs is 2. The normalized spacial score (nSPS) is 33.1. The van der Waals surface area contributed by atoms with Gasteiger partial charge in [0.2, 0.25) is 5.91 Å². The molecule has 1 saturated carbocycles. The quantitative estimate of drug-likeness (QED) is 0.781. The highest BCUT2D eigenvalue weighted by Gasteiger charge is 2.54. The first-order valence-corrected chi connectivity index (χ1v) is 10.8. The summed E-state index contributed by atoms with van der Waals surface area (Å²) >= 11 is 1.63. The summed E-state index contributed by atoms with van der Waals surface area (Å²) < 4.78 is 0. The first kappa shape index (κ1) is 18.5. The number of nitrogens with zero attached hydrogens (tertiary/aromatic N) is 1. The van der Waals surface area contributed by atoms with E-state index in [-0.39, 0.29) is 24.4 Å². The van der Waals surface area contributed by atoms with Gasteiger partial charge in [0, 0.05) is 16.5 Å². The van der Waals surface area contributed by atoms with E-state index in [1.54, 1.807) is 11.3 Å². The summed E-state index contributed by atoms with van der Waals surface area (Å²) in [4.78, 5) is 40.6. The second-order valence-corrected chi connectivity index (χ2v) is 9.28. The van der Waals surface area contributed by atoms with E-state index >= 15 is 0 Å². The van der Waals surface area contributed by atoms with Crippen LogP contribution in [-0.4, -0.2) is 35.3 Å². The fraction of sp³-hybridized carbons (Fsp3) is 0.650. The summed E-state index contributed by atoms with van der Waals surface area (Å²) in [5, 5.41) is 7.93. The Labute approximate surface area is 163 Å². The van der Waals surface area contributed by atoms with Gasteiger partial charge in [-0.2, -0.15) is 0 Å². The van der Waals surface area contributed by atoms with Gasteiger partial charge in [-0.3, -0.25) is 14.5 Å². The highest BCUT2D eigenvalue weighted by molar-refractivity contribution is 7.10. The molecule has 0 radical (unpaired) electrons. The highest BCUT2D eigenvalue weighted by atomic mass is 32.1. The molecule has 1 saturated heterocycles. The predicted molar refractivity (Wildman–Crippen MR) is 103 cm³/mol. The van der Waals surface area contributed by atoms with Gasteiger partial charge < -0.3 is 10.6 Å². The standard InChI is InChI=1S/C20H27N3O3S/c1-12-5-3-6-15(13(12)2)21-17(24)11-23-18(25)20(22-19(23)26)9-4-7-16-14(20)8-10-27-16/h8,10,12-13,15H,3-7,9,11H2,1-2H3,(H,21,24)(H,22,26). The Morgan fingerprint density at radius 3 is 2.96 bits per heavy atom. The van der Waals surface area contributed by atoms with Crippen molar-refractivity contribution in [1.82, 2.24) is 15.5 Å². The van der Waals surface area contributed by atoms with Crippen LogP contribution in [0.3, 0.4) is 0 Å². The van der Waals surface area contributed by atoms with E-state index in [4.69, 9.17) is 0 Å². The molecule has 6 nitrogen and oxygen atoms in total. The van der Waals surface area contributed by atoms with Crippen molar-refractivity contribution < 1.29 is 14.4 Å². The van der Waals surface area contributed by atoms with Gasteiger partial charge in [-0.15, -0.1) is 11.3 Å². The van der Waals surface area contributed by atoms with Crippen LogP contribution in [0.25, 0.3) is 0 Å². The van der Waals surface area contributed by atoms with Crippen molar-refractivity contribution in [3.8, 4) is 0 Å². The molecular weight excluding hydrogens is 362 g/mol. The van der Waals surface area contributed by atoms with E-state index in [9.17, 15) is 14.4 Å². The van der Waals surface area contributed by atoms with Crippen LogP contribution in [0, 0.1) is 11.8 Å². The van der Waals surface area contributed by atoms with E-state index in [1.165, 1.54) is 6.42 Å². The van der Waals surface area contributed by atoms with Crippen LogP contribution in [0.4, 0.5) is 4.79 Å². The topological polar surface area (TPSA) is 78.5 Å². The Morgan fingerprint density at radius 2 is 2.15 bits per heavy atom.